The zero-order valence-corrected chi connectivity index (χ0v) is 12.0. The third kappa shape index (κ3) is 3.57. The van der Waals surface area contributed by atoms with Crippen LogP contribution in [0.25, 0.3) is 0 Å². The zero-order valence-electron chi connectivity index (χ0n) is 10.4. The van der Waals surface area contributed by atoms with Crippen molar-refractivity contribution in [2.45, 2.75) is 12.7 Å². The van der Waals surface area contributed by atoms with Crippen LogP contribution in [0.3, 0.4) is 0 Å². The lowest BCUT2D eigenvalue weighted by Gasteiger charge is -2.14. The van der Waals surface area contributed by atoms with E-state index in [4.69, 9.17) is 9.52 Å². The summed E-state index contributed by atoms with van der Waals surface area (Å²) in [6.45, 7) is -0.167. The molecule has 0 aliphatic carbocycles. The first-order chi connectivity index (χ1) is 9.79. The van der Waals surface area contributed by atoms with Crippen LogP contribution in [0.2, 0.25) is 0 Å². The monoisotopic (exact) mass is 363 g/mol. The lowest BCUT2D eigenvalue weighted by molar-refractivity contribution is -0.137. The summed E-state index contributed by atoms with van der Waals surface area (Å²) in [5.41, 5.74) is -1.09. The molecule has 112 valence electrons. The van der Waals surface area contributed by atoms with Gasteiger partial charge in [0.25, 0.3) is 0 Å². The van der Waals surface area contributed by atoms with Gasteiger partial charge < -0.3 is 14.8 Å². The number of rotatable bonds is 4. The van der Waals surface area contributed by atoms with E-state index in [-0.39, 0.29) is 23.6 Å². The molecule has 0 saturated heterocycles. The maximum absolute atomic E-state index is 12.9. The Morgan fingerprint density at radius 1 is 1.33 bits per heavy atom. The lowest BCUT2D eigenvalue weighted by Crippen LogP contribution is -2.11. The highest BCUT2D eigenvalue weighted by Gasteiger charge is 2.33. The van der Waals surface area contributed by atoms with Crippen molar-refractivity contribution in [3.63, 3.8) is 0 Å². The number of carbonyl (C=O) groups is 1. The number of hydrogen-bond donors (Lipinski definition) is 2. The minimum Gasteiger partial charge on any atom is -0.478 e. The molecule has 0 spiro atoms. The lowest BCUT2D eigenvalue weighted by atomic mass is 10.1. The van der Waals surface area contributed by atoms with Gasteiger partial charge in [0.05, 0.1) is 18.4 Å². The largest absolute Gasteiger partial charge is 0.478 e. The molecule has 8 heteroatoms. The first-order valence-corrected chi connectivity index (χ1v) is 6.48. The molecule has 0 bridgehead atoms. The van der Waals surface area contributed by atoms with Gasteiger partial charge in [-0.25, -0.2) is 4.79 Å². The Kier molecular flexibility index (Phi) is 4.26. The number of hydrogen-bond acceptors (Lipinski definition) is 3. The highest BCUT2D eigenvalue weighted by Crippen LogP contribution is 2.36. The van der Waals surface area contributed by atoms with E-state index in [0.29, 0.717) is 4.47 Å². The molecule has 0 amide bonds. The Labute approximate surface area is 125 Å². The second kappa shape index (κ2) is 5.80. The topological polar surface area (TPSA) is 62.5 Å². The SMILES string of the molecule is O=C(O)c1ccoc1CNc1ccc(Br)cc1C(F)(F)F. The van der Waals surface area contributed by atoms with Crippen LogP contribution in [-0.2, 0) is 12.7 Å². The van der Waals surface area contributed by atoms with E-state index in [1.165, 1.54) is 24.5 Å². The van der Waals surface area contributed by atoms with Crippen LogP contribution in [0.4, 0.5) is 18.9 Å². The van der Waals surface area contributed by atoms with Crippen molar-refractivity contribution in [1.82, 2.24) is 0 Å². The van der Waals surface area contributed by atoms with Crippen LogP contribution in [0.5, 0.6) is 0 Å². The molecule has 1 aromatic heterocycles. The molecule has 1 aromatic carbocycles. The molecule has 2 N–H and O–H groups in total. The Morgan fingerprint density at radius 3 is 2.67 bits per heavy atom. The fraction of sp³-hybridized carbons (Fsp3) is 0.154. The van der Waals surface area contributed by atoms with E-state index >= 15 is 0 Å². The van der Waals surface area contributed by atoms with E-state index in [2.05, 4.69) is 21.2 Å². The summed E-state index contributed by atoms with van der Waals surface area (Å²) in [6.07, 6.45) is -3.35. The fourth-order valence-electron chi connectivity index (χ4n) is 1.75. The highest BCUT2D eigenvalue weighted by atomic mass is 79.9. The van der Waals surface area contributed by atoms with Crippen LogP contribution in [-0.4, -0.2) is 11.1 Å². The molecule has 4 nitrogen and oxygen atoms in total. The molecule has 0 saturated carbocycles. The average molecular weight is 364 g/mol. The van der Waals surface area contributed by atoms with Crippen LogP contribution in [0.1, 0.15) is 21.7 Å². The van der Waals surface area contributed by atoms with Gasteiger partial charge >= 0.3 is 12.1 Å². The molecule has 0 atom stereocenters. The maximum Gasteiger partial charge on any atom is 0.418 e. The van der Waals surface area contributed by atoms with Gasteiger partial charge in [-0.1, -0.05) is 15.9 Å². The number of benzene rings is 1. The van der Waals surface area contributed by atoms with Crippen molar-refractivity contribution in [3.05, 3.63) is 51.9 Å². The minimum absolute atomic E-state index is 0.0542. The number of alkyl halides is 3. The van der Waals surface area contributed by atoms with E-state index in [0.717, 1.165) is 6.07 Å². The summed E-state index contributed by atoms with van der Waals surface area (Å²) >= 11 is 2.99. The number of anilines is 1. The molecule has 0 aliphatic heterocycles. The summed E-state index contributed by atoms with van der Waals surface area (Å²) in [7, 11) is 0. The van der Waals surface area contributed by atoms with Gasteiger partial charge in [-0.15, -0.1) is 0 Å². The summed E-state index contributed by atoms with van der Waals surface area (Å²) in [5.74, 6) is -1.15. The predicted molar refractivity (Wildman–Crippen MR) is 72.1 cm³/mol. The number of carboxylic acids is 1. The standard InChI is InChI=1S/C13H9BrF3NO3/c14-7-1-2-10(9(5-7)13(15,16)17)18-6-11-8(12(19)20)3-4-21-11/h1-5,18H,6H2,(H,19,20). The quantitative estimate of drug-likeness (QED) is 0.846. The number of carboxylic acid groups (broad SMARTS) is 1. The smallest absolute Gasteiger partial charge is 0.418 e. The van der Waals surface area contributed by atoms with Crippen LogP contribution in [0.15, 0.2) is 39.4 Å². The molecule has 2 aromatic rings. The number of furan rings is 1. The van der Waals surface area contributed by atoms with Gasteiger partial charge in [0.1, 0.15) is 11.3 Å². The molecular formula is C13H9BrF3NO3. The normalized spacial score (nSPS) is 11.4. The number of halogens is 4. The zero-order chi connectivity index (χ0) is 15.6. The van der Waals surface area contributed by atoms with Crippen LogP contribution >= 0.6 is 15.9 Å². The number of nitrogens with one attached hydrogen (secondary N) is 1. The van der Waals surface area contributed by atoms with Crippen LogP contribution < -0.4 is 5.32 Å². The van der Waals surface area contributed by atoms with E-state index in [1.807, 2.05) is 0 Å². The van der Waals surface area contributed by atoms with Crippen molar-refractivity contribution in [3.8, 4) is 0 Å². The Morgan fingerprint density at radius 2 is 2.05 bits per heavy atom. The Balaban J connectivity index is 2.24. The summed E-state index contributed by atoms with van der Waals surface area (Å²) < 4.78 is 44.0. The Hall–Kier alpha value is -1.96. The van der Waals surface area contributed by atoms with Crippen molar-refractivity contribution >= 4 is 27.6 Å². The van der Waals surface area contributed by atoms with Gasteiger partial charge in [-0.2, -0.15) is 13.2 Å². The number of aromatic carboxylic acids is 1. The summed E-state index contributed by atoms with van der Waals surface area (Å²) in [5, 5.41) is 11.4. The Bertz CT molecular complexity index is 667. The van der Waals surface area contributed by atoms with Crippen molar-refractivity contribution < 1.29 is 27.5 Å². The summed E-state index contributed by atoms with van der Waals surface area (Å²) in [6, 6.07) is 4.91. The van der Waals surface area contributed by atoms with E-state index in [9.17, 15) is 18.0 Å². The molecule has 0 fully saturated rings. The van der Waals surface area contributed by atoms with E-state index < -0.39 is 17.7 Å². The molecule has 0 aliphatic rings. The van der Waals surface area contributed by atoms with Gasteiger partial charge in [-0.05, 0) is 24.3 Å². The molecule has 0 unspecified atom stereocenters. The summed E-state index contributed by atoms with van der Waals surface area (Å²) in [4.78, 5) is 10.9. The van der Waals surface area contributed by atoms with Gasteiger partial charge in [0.15, 0.2) is 0 Å². The first-order valence-electron chi connectivity index (χ1n) is 5.69. The van der Waals surface area contributed by atoms with Gasteiger partial charge in [0.2, 0.25) is 0 Å². The van der Waals surface area contributed by atoms with E-state index in [1.54, 1.807) is 0 Å². The first kappa shape index (κ1) is 15.4. The minimum atomic E-state index is -4.52. The predicted octanol–water partition coefficient (Wildman–Crippen LogP) is 4.37. The second-order valence-corrected chi connectivity index (χ2v) is 5.02. The molecular weight excluding hydrogens is 355 g/mol. The maximum atomic E-state index is 12.9. The fourth-order valence-corrected chi connectivity index (χ4v) is 2.11. The third-order valence-electron chi connectivity index (χ3n) is 2.70. The van der Waals surface area contributed by atoms with Crippen molar-refractivity contribution in [1.29, 1.82) is 0 Å². The molecule has 1 heterocycles. The third-order valence-corrected chi connectivity index (χ3v) is 3.20. The molecule has 2 rings (SSSR count). The van der Waals surface area contributed by atoms with Crippen molar-refractivity contribution in [2.24, 2.45) is 0 Å². The average Bonchev–Trinajstić information content (AvgIpc) is 2.84. The van der Waals surface area contributed by atoms with Crippen LogP contribution in [0, 0.1) is 0 Å². The highest BCUT2D eigenvalue weighted by molar-refractivity contribution is 9.10. The second-order valence-electron chi connectivity index (χ2n) is 4.10. The van der Waals surface area contributed by atoms with Crippen molar-refractivity contribution in [2.75, 3.05) is 5.32 Å². The van der Waals surface area contributed by atoms with Gasteiger partial charge in [0, 0.05) is 10.2 Å². The van der Waals surface area contributed by atoms with Gasteiger partial charge in [-0.3, -0.25) is 0 Å². The molecule has 0 radical (unpaired) electrons. The molecule has 21 heavy (non-hydrogen) atoms.